The number of urea groups is 1. The van der Waals surface area contributed by atoms with Crippen molar-refractivity contribution in [1.82, 2.24) is 30.3 Å². The fraction of sp³-hybridized carbons (Fsp3) is 0.474. The standard InChI is InChI=1S/C19H25N7O3/c1-29-16-4-2-3-15(10-16)26-11-14(9-18(26)27)22-19(28)25-7-5-24(6-8-25)12-17-20-13-21-23-17/h2-4,10,13-14H,5-9,11-12H2,1H3,(H,22,28)(H,20,21,23)/t14-/m1/s1. The Kier molecular flexibility index (Phi) is 5.61. The van der Waals surface area contributed by atoms with E-state index in [2.05, 4.69) is 25.4 Å². The van der Waals surface area contributed by atoms with Gasteiger partial charge < -0.3 is 19.9 Å². The zero-order valence-corrected chi connectivity index (χ0v) is 16.4. The maximum absolute atomic E-state index is 12.6. The van der Waals surface area contributed by atoms with Crippen LogP contribution in [0.1, 0.15) is 12.2 Å². The molecule has 0 unspecified atom stereocenters. The number of hydrogen-bond acceptors (Lipinski definition) is 6. The highest BCUT2D eigenvalue weighted by Crippen LogP contribution is 2.25. The lowest BCUT2D eigenvalue weighted by atomic mass is 10.2. The van der Waals surface area contributed by atoms with Gasteiger partial charge in [-0.3, -0.25) is 14.8 Å². The molecule has 10 heteroatoms. The van der Waals surface area contributed by atoms with E-state index >= 15 is 0 Å². The molecule has 2 aliphatic rings. The molecular formula is C19H25N7O3. The highest BCUT2D eigenvalue weighted by Gasteiger charge is 2.33. The second kappa shape index (κ2) is 8.48. The van der Waals surface area contributed by atoms with Gasteiger partial charge in [-0.2, -0.15) is 5.10 Å². The van der Waals surface area contributed by atoms with E-state index in [1.807, 2.05) is 24.3 Å². The maximum Gasteiger partial charge on any atom is 0.317 e. The number of ether oxygens (including phenoxy) is 1. The molecule has 2 aromatic rings. The molecule has 0 spiro atoms. The highest BCUT2D eigenvalue weighted by molar-refractivity contribution is 5.97. The molecule has 4 rings (SSSR count). The first kappa shape index (κ1) is 19.2. The number of aromatic nitrogens is 3. The van der Waals surface area contributed by atoms with Crippen molar-refractivity contribution in [3.63, 3.8) is 0 Å². The third-order valence-electron chi connectivity index (χ3n) is 5.32. The molecule has 0 saturated carbocycles. The van der Waals surface area contributed by atoms with E-state index in [1.54, 1.807) is 16.9 Å². The second-order valence-electron chi connectivity index (χ2n) is 7.25. The summed E-state index contributed by atoms with van der Waals surface area (Å²) in [5.41, 5.74) is 0.784. The summed E-state index contributed by atoms with van der Waals surface area (Å²) in [5.74, 6) is 1.52. The maximum atomic E-state index is 12.6. The van der Waals surface area contributed by atoms with Gasteiger partial charge in [0.15, 0.2) is 0 Å². The summed E-state index contributed by atoms with van der Waals surface area (Å²) < 4.78 is 5.23. The molecule has 29 heavy (non-hydrogen) atoms. The number of methoxy groups -OCH3 is 1. The van der Waals surface area contributed by atoms with E-state index in [9.17, 15) is 9.59 Å². The molecule has 10 nitrogen and oxygen atoms in total. The summed E-state index contributed by atoms with van der Waals surface area (Å²) in [5, 5.41) is 9.73. The van der Waals surface area contributed by atoms with Crippen LogP contribution >= 0.6 is 0 Å². The molecule has 2 aliphatic heterocycles. The van der Waals surface area contributed by atoms with Crippen molar-refractivity contribution in [3.8, 4) is 5.75 Å². The van der Waals surface area contributed by atoms with Crippen molar-refractivity contribution in [1.29, 1.82) is 0 Å². The first-order chi connectivity index (χ1) is 14.1. The van der Waals surface area contributed by atoms with Gasteiger partial charge in [0, 0.05) is 50.9 Å². The van der Waals surface area contributed by atoms with Crippen molar-refractivity contribution in [3.05, 3.63) is 36.4 Å². The first-order valence-corrected chi connectivity index (χ1v) is 9.69. The van der Waals surface area contributed by atoms with Crippen LogP contribution in [0.25, 0.3) is 0 Å². The Morgan fingerprint density at radius 1 is 1.31 bits per heavy atom. The zero-order chi connectivity index (χ0) is 20.2. The smallest absolute Gasteiger partial charge is 0.317 e. The number of nitrogens with zero attached hydrogens (tertiary/aromatic N) is 5. The second-order valence-corrected chi connectivity index (χ2v) is 7.25. The van der Waals surface area contributed by atoms with Crippen LogP contribution in [-0.4, -0.2) is 82.8 Å². The molecule has 154 valence electrons. The number of carbonyl (C=O) groups is 2. The summed E-state index contributed by atoms with van der Waals surface area (Å²) in [7, 11) is 1.60. The van der Waals surface area contributed by atoms with Gasteiger partial charge in [0.25, 0.3) is 0 Å². The summed E-state index contributed by atoms with van der Waals surface area (Å²) >= 11 is 0. The quantitative estimate of drug-likeness (QED) is 0.756. The Bertz CT molecular complexity index is 849. The molecule has 1 aromatic heterocycles. The van der Waals surface area contributed by atoms with E-state index in [-0.39, 0.29) is 18.0 Å². The number of carbonyl (C=O) groups excluding carboxylic acids is 2. The van der Waals surface area contributed by atoms with Crippen molar-refractivity contribution >= 4 is 17.6 Å². The van der Waals surface area contributed by atoms with Crippen LogP contribution in [-0.2, 0) is 11.3 Å². The minimum absolute atomic E-state index is 0.000398. The number of aromatic amines is 1. The van der Waals surface area contributed by atoms with E-state index < -0.39 is 0 Å². The van der Waals surface area contributed by atoms with Crippen molar-refractivity contribution in [2.75, 3.05) is 44.7 Å². The normalized spacial score (nSPS) is 20.2. The number of nitrogens with one attached hydrogen (secondary N) is 2. The molecule has 2 N–H and O–H groups in total. The van der Waals surface area contributed by atoms with Crippen LogP contribution in [0.3, 0.4) is 0 Å². The molecule has 0 radical (unpaired) electrons. The van der Waals surface area contributed by atoms with Gasteiger partial charge in [0.2, 0.25) is 5.91 Å². The Balaban J connectivity index is 1.27. The molecule has 1 aromatic carbocycles. The minimum Gasteiger partial charge on any atom is -0.497 e. The predicted octanol–water partition coefficient (Wildman–Crippen LogP) is 0.446. The lowest BCUT2D eigenvalue weighted by molar-refractivity contribution is -0.117. The Morgan fingerprint density at radius 3 is 2.86 bits per heavy atom. The number of piperazine rings is 1. The fourth-order valence-corrected chi connectivity index (χ4v) is 3.73. The average molecular weight is 399 g/mol. The highest BCUT2D eigenvalue weighted by atomic mass is 16.5. The van der Waals surface area contributed by atoms with Crippen LogP contribution in [0.2, 0.25) is 0 Å². The monoisotopic (exact) mass is 399 g/mol. The van der Waals surface area contributed by atoms with Crippen molar-refractivity contribution in [2.24, 2.45) is 0 Å². The molecule has 2 fully saturated rings. The van der Waals surface area contributed by atoms with Crippen LogP contribution in [0.15, 0.2) is 30.6 Å². The van der Waals surface area contributed by atoms with E-state index in [0.717, 1.165) is 24.6 Å². The predicted molar refractivity (Wildman–Crippen MR) is 106 cm³/mol. The lowest BCUT2D eigenvalue weighted by Gasteiger charge is -2.34. The number of benzene rings is 1. The molecular weight excluding hydrogens is 374 g/mol. The van der Waals surface area contributed by atoms with E-state index in [1.165, 1.54) is 6.33 Å². The zero-order valence-electron chi connectivity index (χ0n) is 16.4. The largest absolute Gasteiger partial charge is 0.497 e. The molecule has 0 bridgehead atoms. The third-order valence-corrected chi connectivity index (χ3v) is 5.32. The van der Waals surface area contributed by atoms with Crippen molar-refractivity contribution < 1.29 is 14.3 Å². The number of H-pyrrole nitrogens is 1. The summed E-state index contributed by atoms with van der Waals surface area (Å²) in [6.07, 6.45) is 1.80. The Morgan fingerprint density at radius 2 is 2.14 bits per heavy atom. The van der Waals surface area contributed by atoms with Gasteiger partial charge in [-0.15, -0.1) is 0 Å². The third kappa shape index (κ3) is 4.48. The summed E-state index contributed by atoms with van der Waals surface area (Å²) in [4.78, 5) is 34.9. The van der Waals surface area contributed by atoms with Crippen LogP contribution < -0.4 is 15.0 Å². The van der Waals surface area contributed by atoms with Gasteiger partial charge >= 0.3 is 6.03 Å². The Labute approximate surface area is 168 Å². The average Bonchev–Trinajstić information content (AvgIpc) is 3.38. The molecule has 0 aliphatic carbocycles. The molecule has 3 heterocycles. The van der Waals surface area contributed by atoms with Crippen LogP contribution in [0, 0.1) is 0 Å². The molecule has 3 amide bonds. The SMILES string of the molecule is COc1cccc(N2C[C@H](NC(=O)N3CCN(Cc4ncn[nH]4)CC3)CC2=O)c1. The van der Waals surface area contributed by atoms with Gasteiger partial charge in [-0.25, -0.2) is 9.78 Å². The number of anilines is 1. The summed E-state index contributed by atoms with van der Waals surface area (Å²) in [6, 6.07) is 7.08. The Hall–Kier alpha value is -3.14. The van der Waals surface area contributed by atoms with Crippen LogP contribution in [0.5, 0.6) is 5.75 Å². The lowest BCUT2D eigenvalue weighted by Crippen LogP contribution is -2.53. The minimum atomic E-state index is -0.201. The van der Waals surface area contributed by atoms with E-state index in [0.29, 0.717) is 38.3 Å². The summed E-state index contributed by atoms with van der Waals surface area (Å²) in [6.45, 7) is 3.98. The van der Waals surface area contributed by atoms with Gasteiger partial charge in [-0.05, 0) is 12.1 Å². The molecule has 2 saturated heterocycles. The number of amides is 3. The topological polar surface area (TPSA) is 107 Å². The molecule has 1 atom stereocenters. The van der Waals surface area contributed by atoms with Gasteiger partial charge in [0.1, 0.15) is 17.9 Å². The van der Waals surface area contributed by atoms with Crippen molar-refractivity contribution in [2.45, 2.75) is 19.0 Å². The van der Waals surface area contributed by atoms with Gasteiger partial charge in [0.05, 0.1) is 19.7 Å². The number of rotatable bonds is 5. The number of hydrogen-bond donors (Lipinski definition) is 2. The van der Waals surface area contributed by atoms with E-state index in [4.69, 9.17) is 4.74 Å². The fourth-order valence-electron chi connectivity index (χ4n) is 3.73. The van der Waals surface area contributed by atoms with Crippen LogP contribution in [0.4, 0.5) is 10.5 Å². The first-order valence-electron chi connectivity index (χ1n) is 9.69. The van der Waals surface area contributed by atoms with Gasteiger partial charge in [-0.1, -0.05) is 6.07 Å².